The van der Waals surface area contributed by atoms with Crippen molar-refractivity contribution >= 4 is 21.5 Å². The Kier molecular flexibility index (Phi) is 6.78. The normalized spacial score (nSPS) is 11.2. The van der Waals surface area contributed by atoms with Crippen molar-refractivity contribution in [3.05, 3.63) is 88.2 Å². The molecule has 0 radical (unpaired) electrons. The van der Waals surface area contributed by atoms with Crippen molar-refractivity contribution in [2.24, 2.45) is 7.05 Å². The molecule has 0 fully saturated rings. The molecule has 2 aromatic carbocycles. The third-order valence-corrected chi connectivity index (χ3v) is 5.54. The summed E-state index contributed by atoms with van der Waals surface area (Å²) in [6.45, 7) is 4.59. The molecule has 0 saturated carbocycles. The molecule has 0 amide bonds. The monoisotopic (exact) mass is 474 g/mol. The molecular weight excluding hydrogens is 454 g/mol. The molecule has 0 spiro atoms. The number of anilines is 1. The Morgan fingerprint density at radius 3 is 2.48 bits per heavy atom. The maximum Gasteiger partial charge on any atom is 0.254 e. The number of hydrogen-bond acceptors (Lipinski definition) is 5. The molecule has 0 aliphatic heterocycles. The molecule has 0 bridgehead atoms. The fourth-order valence-electron chi connectivity index (χ4n) is 3.11. The zero-order chi connectivity index (χ0) is 24.3. The second-order valence-electron chi connectivity index (χ2n) is 7.25. The Morgan fingerprint density at radius 1 is 1.15 bits per heavy atom. The molecule has 33 heavy (non-hydrogen) atoms. The summed E-state index contributed by atoms with van der Waals surface area (Å²) in [5.74, 6) is -2.08. The lowest BCUT2D eigenvalue weighted by atomic mass is 10.0. The van der Waals surface area contributed by atoms with E-state index in [0.29, 0.717) is 17.2 Å². The number of Topliss-reactive ketones (excluding diaryl/α,β-unsaturated/α-hetero) is 1. The van der Waals surface area contributed by atoms with Gasteiger partial charge < -0.3 is 9.30 Å². The smallest absolute Gasteiger partial charge is 0.254 e. The number of benzene rings is 2. The van der Waals surface area contributed by atoms with Gasteiger partial charge in [-0.2, -0.15) is 0 Å². The van der Waals surface area contributed by atoms with Crippen molar-refractivity contribution in [3.8, 4) is 22.6 Å². The first-order valence-corrected chi connectivity index (χ1v) is 11.2. The fourth-order valence-corrected chi connectivity index (χ4v) is 3.65. The standard InChI is InChI=1S/C23H20F2N2O5S/c1-4-33(30,31)26-18-6-8-21(32-22-7-5-17(24)11-20(22)25)19(12-18)16-10-15(9-14(2)28)23(29)27(3)13-16/h4-8,10-13,26H,1,9H2,2-3H3. The highest BCUT2D eigenvalue weighted by Crippen LogP contribution is 2.36. The largest absolute Gasteiger partial charge is 0.454 e. The van der Waals surface area contributed by atoms with Gasteiger partial charge >= 0.3 is 0 Å². The van der Waals surface area contributed by atoms with Crippen molar-refractivity contribution in [2.75, 3.05) is 4.72 Å². The molecule has 1 aromatic heterocycles. The lowest BCUT2D eigenvalue weighted by Crippen LogP contribution is -2.22. The van der Waals surface area contributed by atoms with Crippen LogP contribution in [0.1, 0.15) is 12.5 Å². The molecule has 172 valence electrons. The van der Waals surface area contributed by atoms with E-state index in [9.17, 15) is 26.8 Å². The van der Waals surface area contributed by atoms with Gasteiger partial charge in [0, 0.05) is 53.5 Å². The second-order valence-corrected chi connectivity index (χ2v) is 8.88. The summed E-state index contributed by atoms with van der Waals surface area (Å²) in [6, 6.07) is 8.51. The Bertz CT molecular complexity index is 1410. The number of aryl methyl sites for hydroxylation is 1. The van der Waals surface area contributed by atoms with Crippen molar-refractivity contribution in [2.45, 2.75) is 13.3 Å². The van der Waals surface area contributed by atoms with Crippen LogP contribution < -0.4 is 15.0 Å². The van der Waals surface area contributed by atoms with Crippen LogP contribution in [-0.2, 0) is 28.3 Å². The van der Waals surface area contributed by atoms with Crippen molar-refractivity contribution in [3.63, 3.8) is 0 Å². The highest BCUT2D eigenvalue weighted by molar-refractivity contribution is 7.95. The van der Waals surface area contributed by atoms with Gasteiger partial charge in [0.1, 0.15) is 17.3 Å². The number of carbonyl (C=O) groups excluding carboxylic acids is 1. The molecular formula is C23H20F2N2O5S. The number of rotatable bonds is 8. The van der Waals surface area contributed by atoms with E-state index >= 15 is 0 Å². The van der Waals surface area contributed by atoms with E-state index in [4.69, 9.17) is 4.74 Å². The maximum absolute atomic E-state index is 14.2. The molecule has 10 heteroatoms. The zero-order valence-corrected chi connectivity index (χ0v) is 18.6. The van der Waals surface area contributed by atoms with Crippen LogP contribution in [0.2, 0.25) is 0 Å². The van der Waals surface area contributed by atoms with E-state index in [-0.39, 0.29) is 40.5 Å². The van der Waals surface area contributed by atoms with Gasteiger partial charge in [0.2, 0.25) is 0 Å². The van der Waals surface area contributed by atoms with Crippen LogP contribution in [-0.4, -0.2) is 18.8 Å². The number of sulfonamides is 1. The van der Waals surface area contributed by atoms with Crippen LogP contribution in [0.25, 0.3) is 11.1 Å². The third kappa shape index (κ3) is 5.72. The highest BCUT2D eigenvalue weighted by Gasteiger charge is 2.16. The van der Waals surface area contributed by atoms with Gasteiger partial charge in [0.05, 0.1) is 0 Å². The summed E-state index contributed by atoms with van der Waals surface area (Å²) in [5, 5.41) is 0.738. The number of halogens is 2. The lowest BCUT2D eigenvalue weighted by Gasteiger charge is -2.16. The van der Waals surface area contributed by atoms with E-state index in [1.165, 1.54) is 49.0 Å². The van der Waals surface area contributed by atoms with E-state index in [0.717, 1.165) is 17.5 Å². The predicted octanol–water partition coefficient (Wildman–Crippen LogP) is 4.14. The molecule has 0 aliphatic rings. The number of aromatic nitrogens is 1. The average Bonchev–Trinajstić information content (AvgIpc) is 2.73. The van der Waals surface area contributed by atoms with Crippen LogP contribution in [0.5, 0.6) is 11.5 Å². The zero-order valence-electron chi connectivity index (χ0n) is 17.8. The Labute approximate surface area is 189 Å². The van der Waals surface area contributed by atoms with Crippen molar-refractivity contribution in [1.82, 2.24) is 4.57 Å². The number of pyridine rings is 1. The van der Waals surface area contributed by atoms with Gasteiger partial charge in [-0.15, -0.1) is 0 Å². The minimum Gasteiger partial charge on any atom is -0.454 e. The number of hydrogen-bond donors (Lipinski definition) is 1. The first-order chi connectivity index (χ1) is 15.5. The number of ketones is 1. The first-order valence-electron chi connectivity index (χ1n) is 9.60. The second kappa shape index (κ2) is 9.37. The van der Waals surface area contributed by atoms with Crippen LogP contribution >= 0.6 is 0 Å². The Morgan fingerprint density at radius 2 is 1.85 bits per heavy atom. The molecule has 0 saturated heterocycles. The van der Waals surface area contributed by atoms with Crippen LogP contribution in [0.15, 0.2) is 65.4 Å². The van der Waals surface area contributed by atoms with Gasteiger partial charge in [0.15, 0.2) is 11.6 Å². The van der Waals surface area contributed by atoms with E-state index in [1.54, 1.807) is 0 Å². The molecule has 7 nitrogen and oxygen atoms in total. The summed E-state index contributed by atoms with van der Waals surface area (Å²) in [5.41, 5.74) is 0.704. The number of carbonyl (C=O) groups is 1. The van der Waals surface area contributed by atoms with Gasteiger partial charge in [-0.05, 0) is 43.3 Å². The minimum atomic E-state index is -3.82. The van der Waals surface area contributed by atoms with E-state index < -0.39 is 21.7 Å². The molecule has 0 aliphatic carbocycles. The maximum atomic E-state index is 14.2. The van der Waals surface area contributed by atoms with Crippen molar-refractivity contribution < 1.29 is 26.7 Å². The third-order valence-electron chi connectivity index (χ3n) is 4.58. The van der Waals surface area contributed by atoms with Crippen molar-refractivity contribution in [1.29, 1.82) is 0 Å². The SMILES string of the molecule is C=CS(=O)(=O)Nc1ccc(Oc2ccc(F)cc2F)c(-c2cc(CC(C)=O)c(=O)n(C)c2)c1. The summed E-state index contributed by atoms with van der Waals surface area (Å²) in [6.07, 6.45) is 1.37. The molecule has 0 unspecified atom stereocenters. The number of nitrogens with one attached hydrogen (secondary N) is 1. The molecule has 1 N–H and O–H groups in total. The molecule has 3 aromatic rings. The number of ether oxygens (including phenoxy) is 1. The van der Waals surface area contributed by atoms with E-state index in [1.807, 2.05) is 0 Å². The van der Waals surface area contributed by atoms with Gasteiger partial charge in [-0.1, -0.05) is 6.58 Å². The highest BCUT2D eigenvalue weighted by atomic mass is 32.2. The Hall–Kier alpha value is -3.79. The minimum absolute atomic E-state index is 0.105. The van der Waals surface area contributed by atoms with Crippen LogP contribution in [0.4, 0.5) is 14.5 Å². The van der Waals surface area contributed by atoms with Gasteiger partial charge in [0.25, 0.3) is 15.6 Å². The molecule has 1 heterocycles. The number of nitrogens with zero attached hydrogens (tertiary/aromatic N) is 1. The average molecular weight is 474 g/mol. The van der Waals surface area contributed by atoms with Gasteiger partial charge in [-0.25, -0.2) is 17.2 Å². The topological polar surface area (TPSA) is 94.5 Å². The van der Waals surface area contributed by atoms with Crippen LogP contribution in [0, 0.1) is 11.6 Å². The molecule has 0 atom stereocenters. The Balaban J connectivity index is 2.19. The lowest BCUT2D eigenvalue weighted by molar-refractivity contribution is -0.116. The quantitative estimate of drug-likeness (QED) is 0.530. The van der Waals surface area contributed by atoms with Crippen LogP contribution in [0.3, 0.4) is 0 Å². The van der Waals surface area contributed by atoms with E-state index in [2.05, 4.69) is 11.3 Å². The predicted molar refractivity (Wildman–Crippen MR) is 121 cm³/mol. The summed E-state index contributed by atoms with van der Waals surface area (Å²) in [7, 11) is -2.32. The van der Waals surface area contributed by atoms with Gasteiger partial charge in [-0.3, -0.25) is 14.3 Å². The molecule has 3 rings (SSSR count). The summed E-state index contributed by atoms with van der Waals surface area (Å²) < 4.78 is 60.5. The fraction of sp³-hybridized carbons (Fsp3) is 0.130. The summed E-state index contributed by atoms with van der Waals surface area (Å²) in [4.78, 5) is 24.0. The summed E-state index contributed by atoms with van der Waals surface area (Å²) >= 11 is 0. The first kappa shape index (κ1) is 23.9.